The van der Waals surface area contributed by atoms with Crippen LogP contribution in [0.3, 0.4) is 0 Å². The van der Waals surface area contributed by atoms with Crippen molar-refractivity contribution in [3.05, 3.63) is 16.7 Å². The van der Waals surface area contributed by atoms with Crippen LogP contribution in [-0.4, -0.2) is 25.2 Å². The Labute approximate surface area is 92.2 Å². The number of halogens is 1. The summed E-state index contributed by atoms with van der Waals surface area (Å²) in [5.74, 6) is 1.87. The Morgan fingerprint density at radius 3 is 2.79 bits per heavy atom. The second-order valence-corrected chi connectivity index (χ2v) is 4.23. The number of aromatic nitrogens is 1. The quantitative estimate of drug-likeness (QED) is 0.813. The van der Waals surface area contributed by atoms with Gasteiger partial charge in [0.1, 0.15) is 11.6 Å². The molecular formula is C10H13BrN2O. The van der Waals surface area contributed by atoms with Crippen LogP contribution >= 0.6 is 15.9 Å². The Bertz CT molecular complexity index is 324. The number of hydrogen-bond acceptors (Lipinski definition) is 3. The van der Waals surface area contributed by atoms with Gasteiger partial charge in [0.15, 0.2) is 0 Å². The molecule has 0 unspecified atom stereocenters. The zero-order chi connectivity index (χ0) is 9.97. The van der Waals surface area contributed by atoms with Crippen molar-refractivity contribution >= 4 is 21.7 Å². The molecule has 0 aromatic carbocycles. The molecule has 76 valence electrons. The number of methoxy groups -OCH3 is 1. The Morgan fingerprint density at radius 2 is 2.14 bits per heavy atom. The monoisotopic (exact) mass is 256 g/mol. The van der Waals surface area contributed by atoms with E-state index in [1.54, 1.807) is 13.3 Å². The van der Waals surface area contributed by atoms with Crippen molar-refractivity contribution in [2.45, 2.75) is 12.8 Å². The van der Waals surface area contributed by atoms with E-state index in [4.69, 9.17) is 4.74 Å². The van der Waals surface area contributed by atoms with Crippen LogP contribution in [0.1, 0.15) is 12.8 Å². The largest absolute Gasteiger partial charge is 0.495 e. The van der Waals surface area contributed by atoms with Crippen LogP contribution in [0.5, 0.6) is 5.75 Å². The van der Waals surface area contributed by atoms with Gasteiger partial charge in [0.05, 0.1) is 11.6 Å². The summed E-state index contributed by atoms with van der Waals surface area (Å²) in [7, 11) is 1.67. The maximum atomic E-state index is 5.23. The molecule has 2 rings (SSSR count). The van der Waals surface area contributed by atoms with Crippen LogP contribution in [0.4, 0.5) is 5.82 Å². The van der Waals surface area contributed by atoms with E-state index >= 15 is 0 Å². The van der Waals surface area contributed by atoms with Crippen molar-refractivity contribution in [2.75, 3.05) is 25.1 Å². The topological polar surface area (TPSA) is 25.4 Å². The normalized spacial score (nSPS) is 16.0. The van der Waals surface area contributed by atoms with Crippen molar-refractivity contribution in [3.63, 3.8) is 0 Å². The van der Waals surface area contributed by atoms with Crippen molar-refractivity contribution in [3.8, 4) is 5.75 Å². The second-order valence-electron chi connectivity index (χ2n) is 3.37. The van der Waals surface area contributed by atoms with Crippen LogP contribution in [0.2, 0.25) is 0 Å². The van der Waals surface area contributed by atoms with Crippen LogP contribution in [-0.2, 0) is 0 Å². The van der Waals surface area contributed by atoms with Crippen LogP contribution in [0.15, 0.2) is 16.7 Å². The van der Waals surface area contributed by atoms with Crippen molar-refractivity contribution in [1.29, 1.82) is 0 Å². The van der Waals surface area contributed by atoms with Crippen molar-refractivity contribution in [1.82, 2.24) is 4.98 Å². The Hall–Kier alpha value is -0.770. The number of pyridine rings is 1. The lowest BCUT2D eigenvalue weighted by atomic mass is 10.4. The smallest absolute Gasteiger partial charge is 0.138 e. The molecule has 1 aromatic rings. The van der Waals surface area contributed by atoms with E-state index in [-0.39, 0.29) is 0 Å². The first kappa shape index (κ1) is 9.77. The van der Waals surface area contributed by atoms with Crippen LogP contribution < -0.4 is 9.64 Å². The second kappa shape index (κ2) is 4.17. The standard InChI is InChI=1S/C10H13BrN2O/c1-14-9-6-10(12-7-8(9)11)13-4-2-3-5-13/h6-7H,2-5H2,1H3. The predicted molar refractivity (Wildman–Crippen MR) is 59.9 cm³/mol. The average Bonchev–Trinajstić information content (AvgIpc) is 2.71. The Balaban J connectivity index is 2.25. The summed E-state index contributed by atoms with van der Waals surface area (Å²) in [6, 6.07) is 1.98. The Kier molecular flexibility index (Phi) is 2.91. The lowest BCUT2D eigenvalue weighted by molar-refractivity contribution is 0.411. The maximum Gasteiger partial charge on any atom is 0.138 e. The third-order valence-corrected chi connectivity index (χ3v) is 3.05. The van der Waals surface area contributed by atoms with Crippen molar-refractivity contribution < 1.29 is 4.74 Å². The fourth-order valence-corrected chi connectivity index (χ4v) is 2.06. The highest BCUT2D eigenvalue weighted by Crippen LogP contribution is 2.28. The summed E-state index contributed by atoms with van der Waals surface area (Å²) in [6.45, 7) is 2.22. The van der Waals surface area contributed by atoms with Gasteiger partial charge < -0.3 is 9.64 Å². The van der Waals surface area contributed by atoms with Gasteiger partial charge in [0, 0.05) is 25.4 Å². The molecule has 1 aliphatic rings. The SMILES string of the molecule is COc1cc(N2CCCC2)ncc1Br. The van der Waals surface area contributed by atoms with E-state index in [9.17, 15) is 0 Å². The van der Waals surface area contributed by atoms with Gasteiger partial charge in [-0.3, -0.25) is 0 Å². The molecule has 2 heterocycles. The van der Waals surface area contributed by atoms with E-state index < -0.39 is 0 Å². The van der Waals surface area contributed by atoms with Gasteiger partial charge in [0.2, 0.25) is 0 Å². The molecule has 0 N–H and O–H groups in total. The first-order valence-electron chi connectivity index (χ1n) is 4.76. The zero-order valence-electron chi connectivity index (χ0n) is 8.16. The van der Waals surface area contributed by atoms with E-state index in [2.05, 4.69) is 25.8 Å². The number of hydrogen-bond donors (Lipinski definition) is 0. The predicted octanol–water partition coefficient (Wildman–Crippen LogP) is 2.45. The fraction of sp³-hybridized carbons (Fsp3) is 0.500. The summed E-state index contributed by atoms with van der Waals surface area (Å²) < 4.78 is 6.14. The molecule has 1 fully saturated rings. The van der Waals surface area contributed by atoms with E-state index in [1.165, 1.54) is 12.8 Å². The number of rotatable bonds is 2. The highest BCUT2D eigenvalue weighted by Gasteiger charge is 2.14. The Morgan fingerprint density at radius 1 is 1.43 bits per heavy atom. The molecule has 0 bridgehead atoms. The molecule has 1 aliphatic heterocycles. The van der Waals surface area contributed by atoms with E-state index in [0.29, 0.717) is 0 Å². The first-order valence-corrected chi connectivity index (χ1v) is 5.55. The molecule has 0 atom stereocenters. The maximum absolute atomic E-state index is 5.23. The first-order chi connectivity index (χ1) is 6.81. The van der Waals surface area contributed by atoms with Gasteiger partial charge in [0.25, 0.3) is 0 Å². The number of ether oxygens (including phenoxy) is 1. The summed E-state index contributed by atoms with van der Waals surface area (Å²) in [5.41, 5.74) is 0. The molecule has 0 saturated carbocycles. The third kappa shape index (κ3) is 1.85. The summed E-state index contributed by atoms with van der Waals surface area (Å²) >= 11 is 3.39. The minimum Gasteiger partial charge on any atom is -0.495 e. The number of nitrogens with zero attached hydrogens (tertiary/aromatic N) is 2. The van der Waals surface area contributed by atoms with Gasteiger partial charge in [-0.1, -0.05) is 0 Å². The molecule has 3 nitrogen and oxygen atoms in total. The molecule has 0 aliphatic carbocycles. The van der Waals surface area contributed by atoms with Gasteiger partial charge in [-0.15, -0.1) is 0 Å². The van der Waals surface area contributed by atoms with Gasteiger partial charge in [-0.05, 0) is 28.8 Å². The van der Waals surface area contributed by atoms with E-state index in [1.807, 2.05) is 6.07 Å². The molecule has 1 aromatic heterocycles. The minimum atomic E-state index is 0.849. The lowest BCUT2D eigenvalue weighted by Gasteiger charge is -2.17. The van der Waals surface area contributed by atoms with Crippen LogP contribution in [0.25, 0.3) is 0 Å². The molecule has 4 heteroatoms. The summed E-state index contributed by atoms with van der Waals surface area (Å²) in [5, 5.41) is 0. The third-order valence-electron chi connectivity index (χ3n) is 2.46. The summed E-state index contributed by atoms with van der Waals surface area (Å²) in [4.78, 5) is 6.65. The van der Waals surface area contributed by atoms with Gasteiger partial charge in [-0.2, -0.15) is 0 Å². The molecule has 1 saturated heterocycles. The minimum absolute atomic E-state index is 0.849. The molecule has 0 radical (unpaired) electrons. The highest BCUT2D eigenvalue weighted by molar-refractivity contribution is 9.10. The summed E-state index contributed by atoms with van der Waals surface area (Å²) in [6.07, 6.45) is 4.33. The van der Waals surface area contributed by atoms with Gasteiger partial charge >= 0.3 is 0 Å². The molecule has 14 heavy (non-hydrogen) atoms. The van der Waals surface area contributed by atoms with Gasteiger partial charge in [-0.25, -0.2) is 4.98 Å². The zero-order valence-corrected chi connectivity index (χ0v) is 9.75. The fourth-order valence-electron chi connectivity index (χ4n) is 1.69. The average molecular weight is 257 g/mol. The van der Waals surface area contributed by atoms with Crippen LogP contribution in [0, 0.1) is 0 Å². The van der Waals surface area contributed by atoms with Crippen molar-refractivity contribution in [2.24, 2.45) is 0 Å². The van der Waals surface area contributed by atoms with E-state index in [0.717, 1.165) is 29.1 Å². The molecular weight excluding hydrogens is 244 g/mol. The molecule has 0 amide bonds. The highest BCUT2D eigenvalue weighted by atomic mass is 79.9. The lowest BCUT2D eigenvalue weighted by Crippen LogP contribution is -2.18. The molecule has 0 spiro atoms. The number of anilines is 1.